The number of nitrogens with one attached hydrogen (secondary N) is 2. The molecule has 2 aromatic carbocycles. The van der Waals surface area contributed by atoms with Crippen molar-refractivity contribution in [2.75, 3.05) is 13.7 Å². The number of benzene rings is 2. The number of aromatic hydroxyl groups is 1. The molecule has 0 radical (unpaired) electrons. The first-order valence-electron chi connectivity index (χ1n) is 9.62. The van der Waals surface area contributed by atoms with E-state index in [9.17, 15) is 5.11 Å². The lowest BCUT2D eigenvalue weighted by Gasteiger charge is -2.19. The van der Waals surface area contributed by atoms with Gasteiger partial charge in [-0.05, 0) is 43.7 Å². The smallest absolute Gasteiger partial charge is 0.192 e. The molecule has 7 heteroatoms. The Kier molecular flexibility index (Phi) is 6.73. The van der Waals surface area contributed by atoms with Gasteiger partial charge in [0.25, 0.3) is 0 Å². The summed E-state index contributed by atoms with van der Waals surface area (Å²) in [6, 6.07) is 15.5. The van der Waals surface area contributed by atoms with Gasteiger partial charge in [-0.1, -0.05) is 24.3 Å². The third-order valence-corrected chi connectivity index (χ3v) is 4.55. The number of methoxy groups -OCH3 is 1. The van der Waals surface area contributed by atoms with Crippen LogP contribution >= 0.6 is 0 Å². The fraction of sp³-hybridized carbons (Fsp3) is 0.273. The first-order chi connectivity index (χ1) is 14.1. The van der Waals surface area contributed by atoms with Gasteiger partial charge in [-0.15, -0.1) is 0 Å². The Morgan fingerprint density at radius 1 is 1.24 bits per heavy atom. The molecule has 0 fully saturated rings. The predicted octanol–water partition coefficient (Wildman–Crippen LogP) is 3.40. The number of aliphatic imine (C=N–C) groups is 1. The minimum absolute atomic E-state index is 0.0298. The maximum Gasteiger partial charge on any atom is 0.192 e. The Morgan fingerprint density at radius 2 is 2.07 bits per heavy atom. The topological polar surface area (TPSA) is 83.7 Å². The molecule has 1 heterocycles. The molecule has 152 valence electrons. The number of hydrogen-bond acceptors (Lipinski definition) is 4. The van der Waals surface area contributed by atoms with Gasteiger partial charge >= 0.3 is 0 Å². The van der Waals surface area contributed by atoms with Crippen molar-refractivity contribution in [3.05, 3.63) is 72.1 Å². The van der Waals surface area contributed by atoms with Crippen molar-refractivity contribution in [3.63, 3.8) is 0 Å². The van der Waals surface area contributed by atoms with Crippen molar-refractivity contribution in [2.45, 2.75) is 26.4 Å². The second-order valence-corrected chi connectivity index (χ2v) is 6.57. The van der Waals surface area contributed by atoms with Gasteiger partial charge in [0.1, 0.15) is 0 Å². The van der Waals surface area contributed by atoms with Crippen molar-refractivity contribution in [2.24, 2.45) is 4.99 Å². The molecule has 0 saturated heterocycles. The number of rotatable bonds is 7. The minimum Gasteiger partial charge on any atom is -0.504 e. The highest BCUT2D eigenvalue weighted by atomic mass is 16.5. The highest BCUT2D eigenvalue weighted by Gasteiger charge is 2.11. The van der Waals surface area contributed by atoms with Crippen LogP contribution in [0.5, 0.6) is 11.5 Å². The van der Waals surface area contributed by atoms with Crippen molar-refractivity contribution < 1.29 is 9.84 Å². The molecule has 0 aliphatic rings. The Balaban J connectivity index is 1.75. The van der Waals surface area contributed by atoms with Crippen molar-refractivity contribution in [3.8, 4) is 17.2 Å². The zero-order valence-corrected chi connectivity index (χ0v) is 17.0. The van der Waals surface area contributed by atoms with Crippen molar-refractivity contribution >= 4 is 5.96 Å². The molecule has 7 nitrogen and oxygen atoms in total. The van der Waals surface area contributed by atoms with E-state index in [2.05, 4.69) is 39.8 Å². The van der Waals surface area contributed by atoms with E-state index in [1.54, 1.807) is 12.3 Å². The Bertz CT molecular complexity index is 954. The molecule has 0 saturated carbocycles. The maximum absolute atomic E-state index is 10.3. The molecule has 1 aromatic heterocycles. The average Bonchev–Trinajstić information content (AvgIpc) is 3.28. The molecular weight excluding hydrogens is 366 g/mol. The second kappa shape index (κ2) is 9.64. The molecule has 0 spiro atoms. The lowest BCUT2D eigenvalue weighted by atomic mass is 10.1. The summed E-state index contributed by atoms with van der Waals surface area (Å²) in [5, 5.41) is 21.2. The lowest BCUT2D eigenvalue weighted by molar-refractivity contribution is 0.370. The number of ether oxygens (including phenoxy) is 1. The van der Waals surface area contributed by atoms with Crippen molar-refractivity contribution in [1.82, 2.24) is 20.4 Å². The van der Waals surface area contributed by atoms with Gasteiger partial charge in [0.05, 0.1) is 25.4 Å². The first-order valence-corrected chi connectivity index (χ1v) is 9.62. The molecule has 29 heavy (non-hydrogen) atoms. The Morgan fingerprint density at radius 3 is 2.79 bits per heavy atom. The van der Waals surface area contributed by atoms with E-state index in [-0.39, 0.29) is 11.8 Å². The summed E-state index contributed by atoms with van der Waals surface area (Å²) < 4.78 is 7.00. The monoisotopic (exact) mass is 393 g/mol. The van der Waals surface area contributed by atoms with E-state index >= 15 is 0 Å². The summed E-state index contributed by atoms with van der Waals surface area (Å²) >= 11 is 0. The Labute approximate surface area is 171 Å². The summed E-state index contributed by atoms with van der Waals surface area (Å²) in [6.07, 6.45) is 3.68. The number of hydrogen-bond donors (Lipinski definition) is 3. The van der Waals surface area contributed by atoms with Gasteiger partial charge in [-0.3, -0.25) is 0 Å². The average molecular weight is 393 g/mol. The molecule has 0 bridgehead atoms. The zero-order chi connectivity index (χ0) is 20.6. The van der Waals surface area contributed by atoms with Crippen LogP contribution in [0, 0.1) is 0 Å². The molecular formula is C22H27N5O2. The molecule has 0 amide bonds. The van der Waals surface area contributed by atoms with Crippen LogP contribution in [0.1, 0.15) is 31.0 Å². The van der Waals surface area contributed by atoms with Gasteiger partial charge < -0.3 is 20.5 Å². The van der Waals surface area contributed by atoms with E-state index in [0.717, 1.165) is 17.8 Å². The highest BCUT2D eigenvalue weighted by Crippen LogP contribution is 2.29. The van der Waals surface area contributed by atoms with Crippen LogP contribution in [-0.4, -0.2) is 34.5 Å². The third-order valence-electron chi connectivity index (χ3n) is 4.55. The molecule has 3 aromatic rings. The largest absolute Gasteiger partial charge is 0.504 e. The van der Waals surface area contributed by atoms with E-state index in [1.165, 1.54) is 7.11 Å². The summed E-state index contributed by atoms with van der Waals surface area (Å²) in [5.74, 6) is 1.24. The number of para-hydroxylation sites is 1. The number of phenolic OH excluding ortho intramolecular Hbond substituents is 1. The number of aromatic nitrogens is 2. The maximum atomic E-state index is 10.3. The third kappa shape index (κ3) is 5.07. The minimum atomic E-state index is 0.0298. The molecule has 0 aliphatic heterocycles. The van der Waals surface area contributed by atoms with Crippen LogP contribution in [0.15, 0.2) is 65.9 Å². The van der Waals surface area contributed by atoms with Crippen LogP contribution in [0.4, 0.5) is 0 Å². The predicted molar refractivity (Wildman–Crippen MR) is 115 cm³/mol. The normalized spacial score (nSPS) is 12.4. The molecule has 3 N–H and O–H groups in total. The fourth-order valence-corrected chi connectivity index (χ4v) is 2.99. The number of guanidine groups is 1. The van der Waals surface area contributed by atoms with Crippen LogP contribution in [-0.2, 0) is 6.54 Å². The SMILES string of the molecule is CCNC(=NCc1cccc(OC)c1O)NC(C)c1cccc(-n2cccn2)c1. The Hall–Kier alpha value is -3.48. The van der Waals surface area contributed by atoms with Gasteiger partial charge in [-0.25, -0.2) is 9.67 Å². The van der Waals surface area contributed by atoms with Crippen LogP contribution in [0.25, 0.3) is 5.69 Å². The van der Waals surface area contributed by atoms with Gasteiger partial charge in [0, 0.05) is 24.5 Å². The van der Waals surface area contributed by atoms with Crippen molar-refractivity contribution in [1.29, 1.82) is 0 Å². The standard InChI is InChI=1S/C22H27N5O2/c1-4-23-22(24-15-18-9-6-11-20(29-3)21(18)28)26-16(2)17-8-5-10-19(14-17)27-13-7-12-25-27/h5-14,16,28H,4,15H2,1-3H3,(H2,23,24,26). The first kappa shape index (κ1) is 20.3. The van der Waals surface area contributed by atoms with Crippen LogP contribution in [0.3, 0.4) is 0 Å². The van der Waals surface area contributed by atoms with E-state index in [1.807, 2.05) is 48.1 Å². The van der Waals surface area contributed by atoms with Crippen LogP contribution < -0.4 is 15.4 Å². The molecule has 1 unspecified atom stereocenters. The number of nitrogens with zero attached hydrogens (tertiary/aromatic N) is 3. The van der Waals surface area contributed by atoms with E-state index < -0.39 is 0 Å². The zero-order valence-electron chi connectivity index (χ0n) is 17.0. The quantitative estimate of drug-likeness (QED) is 0.423. The van der Waals surface area contributed by atoms with Gasteiger partial charge in [-0.2, -0.15) is 5.10 Å². The molecule has 0 aliphatic carbocycles. The summed E-state index contributed by atoms with van der Waals surface area (Å²) in [6.45, 7) is 5.16. The fourth-order valence-electron chi connectivity index (χ4n) is 2.99. The van der Waals surface area contributed by atoms with E-state index in [4.69, 9.17) is 4.74 Å². The summed E-state index contributed by atoms with van der Waals surface area (Å²) in [7, 11) is 1.53. The van der Waals surface area contributed by atoms with Gasteiger partial charge in [0.15, 0.2) is 17.5 Å². The highest BCUT2D eigenvalue weighted by molar-refractivity contribution is 5.80. The molecule has 1 atom stereocenters. The summed E-state index contributed by atoms with van der Waals surface area (Å²) in [5.41, 5.74) is 2.83. The molecule has 3 rings (SSSR count). The van der Waals surface area contributed by atoms with Crippen LogP contribution in [0.2, 0.25) is 0 Å². The number of phenols is 1. The summed E-state index contributed by atoms with van der Waals surface area (Å²) in [4.78, 5) is 4.62. The lowest BCUT2D eigenvalue weighted by Crippen LogP contribution is -2.38. The van der Waals surface area contributed by atoms with E-state index in [0.29, 0.717) is 23.8 Å². The second-order valence-electron chi connectivity index (χ2n) is 6.57. The van der Waals surface area contributed by atoms with Gasteiger partial charge in [0.2, 0.25) is 0 Å².